The van der Waals surface area contributed by atoms with E-state index in [4.69, 9.17) is 0 Å². The van der Waals surface area contributed by atoms with Crippen LogP contribution in [-0.4, -0.2) is 37.0 Å². The molecule has 0 saturated carbocycles. The van der Waals surface area contributed by atoms with Gasteiger partial charge in [-0.05, 0) is 19.9 Å². The largest absolute Gasteiger partial charge is 0.338 e. The molecule has 0 bridgehead atoms. The molecule has 1 saturated heterocycles. The molecule has 0 aromatic heterocycles. The van der Waals surface area contributed by atoms with Crippen LogP contribution in [0.15, 0.2) is 24.3 Å². The Morgan fingerprint density at radius 1 is 1.29 bits per heavy atom. The van der Waals surface area contributed by atoms with Crippen molar-refractivity contribution in [1.29, 1.82) is 0 Å². The zero-order chi connectivity index (χ0) is 10.2. The van der Waals surface area contributed by atoms with Gasteiger partial charge in [-0.3, -0.25) is 4.79 Å². The van der Waals surface area contributed by atoms with Gasteiger partial charge in [0.05, 0.1) is 0 Å². The van der Waals surface area contributed by atoms with Crippen molar-refractivity contribution in [2.75, 3.05) is 26.2 Å². The zero-order valence-electron chi connectivity index (χ0n) is 8.70. The fourth-order valence-electron chi connectivity index (χ4n) is 1.42. The van der Waals surface area contributed by atoms with Crippen LogP contribution in [0.4, 0.5) is 0 Å². The molecule has 14 heavy (non-hydrogen) atoms. The minimum Gasteiger partial charge on any atom is -0.338 e. The lowest BCUT2D eigenvalue weighted by Crippen LogP contribution is -2.32. The maximum atomic E-state index is 11.6. The van der Waals surface area contributed by atoms with Crippen LogP contribution in [0, 0.1) is 0 Å². The van der Waals surface area contributed by atoms with Crippen molar-refractivity contribution in [2.45, 2.75) is 13.3 Å². The highest BCUT2D eigenvalue weighted by molar-refractivity contribution is 5.87. The Hall–Kier alpha value is -1.09. The van der Waals surface area contributed by atoms with Gasteiger partial charge < -0.3 is 10.2 Å². The van der Waals surface area contributed by atoms with Gasteiger partial charge in [0.1, 0.15) is 0 Å². The predicted octanol–water partition coefficient (Wildman–Crippen LogP) is 0.941. The topological polar surface area (TPSA) is 32.3 Å². The second-order valence-electron chi connectivity index (χ2n) is 3.31. The summed E-state index contributed by atoms with van der Waals surface area (Å²) in [5.74, 6) is 0.117. The summed E-state index contributed by atoms with van der Waals surface area (Å²) in [5.41, 5.74) is 0. The Balaban J connectivity index is 2.41. The van der Waals surface area contributed by atoms with E-state index in [0.29, 0.717) is 0 Å². The molecule has 0 aliphatic carbocycles. The summed E-state index contributed by atoms with van der Waals surface area (Å²) in [6.45, 7) is 5.54. The number of hydrogen-bond donors (Lipinski definition) is 1. The highest BCUT2D eigenvalue weighted by atomic mass is 16.2. The number of nitrogens with zero attached hydrogens (tertiary/aromatic N) is 1. The average Bonchev–Trinajstić information content (AvgIpc) is 2.46. The molecule has 3 heteroatoms. The maximum absolute atomic E-state index is 11.6. The van der Waals surface area contributed by atoms with Gasteiger partial charge in [0, 0.05) is 25.7 Å². The fourth-order valence-corrected chi connectivity index (χ4v) is 1.42. The molecule has 1 rings (SSSR count). The van der Waals surface area contributed by atoms with E-state index >= 15 is 0 Å². The van der Waals surface area contributed by atoms with Gasteiger partial charge in [-0.1, -0.05) is 18.2 Å². The van der Waals surface area contributed by atoms with Gasteiger partial charge in [-0.2, -0.15) is 0 Å². The minimum absolute atomic E-state index is 0.117. The van der Waals surface area contributed by atoms with Crippen molar-refractivity contribution >= 4 is 5.91 Å². The number of carbonyl (C=O) groups is 1. The van der Waals surface area contributed by atoms with Crippen LogP contribution in [-0.2, 0) is 4.79 Å². The lowest BCUT2D eigenvalue weighted by molar-refractivity contribution is -0.125. The van der Waals surface area contributed by atoms with Gasteiger partial charge in [0.2, 0.25) is 5.91 Å². The Kier molecular flexibility index (Phi) is 5.00. The van der Waals surface area contributed by atoms with E-state index in [-0.39, 0.29) is 5.91 Å². The quantitative estimate of drug-likeness (QED) is 0.524. The first-order valence-corrected chi connectivity index (χ1v) is 5.13. The number of carbonyl (C=O) groups excluding carboxylic acids is 1. The van der Waals surface area contributed by atoms with Gasteiger partial charge >= 0.3 is 0 Å². The van der Waals surface area contributed by atoms with Gasteiger partial charge in [-0.25, -0.2) is 0 Å². The number of hydrogen-bond acceptors (Lipinski definition) is 2. The Labute approximate surface area is 85.5 Å². The van der Waals surface area contributed by atoms with E-state index in [1.54, 1.807) is 12.2 Å². The molecule has 1 heterocycles. The molecule has 0 unspecified atom stereocenters. The molecule has 1 aliphatic heterocycles. The summed E-state index contributed by atoms with van der Waals surface area (Å²) >= 11 is 0. The Morgan fingerprint density at radius 3 is 2.93 bits per heavy atom. The third-order valence-corrected chi connectivity index (χ3v) is 2.19. The smallest absolute Gasteiger partial charge is 0.246 e. The van der Waals surface area contributed by atoms with E-state index in [0.717, 1.165) is 32.6 Å². The molecular formula is C11H18N2O. The number of nitrogens with one attached hydrogen (secondary N) is 1. The zero-order valence-corrected chi connectivity index (χ0v) is 8.70. The molecule has 0 aromatic rings. The van der Waals surface area contributed by atoms with E-state index in [1.165, 1.54) is 0 Å². The summed E-state index contributed by atoms with van der Waals surface area (Å²) in [6.07, 6.45) is 8.25. The maximum Gasteiger partial charge on any atom is 0.246 e. The monoisotopic (exact) mass is 194 g/mol. The first-order chi connectivity index (χ1) is 6.84. The van der Waals surface area contributed by atoms with E-state index in [2.05, 4.69) is 5.32 Å². The van der Waals surface area contributed by atoms with Gasteiger partial charge in [0.15, 0.2) is 0 Å². The van der Waals surface area contributed by atoms with Crippen molar-refractivity contribution in [1.82, 2.24) is 10.2 Å². The van der Waals surface area contributed by atoms with Crippen LogP contribution in [0.5, 0.6) is 0 Å². The van der Waals surface area contributed by atoms with Gasteiger partial charge in [-0.15, -0.1) is 0 Å². The van der Waals surface area contributed by atoms with Crippen molar-refractivity contribution in [2.24, 2.45) is 0 Å². The molecule has 1 N–H and O–H groups in total. The lowest BCUT2D eigenvalue weighted by Gasteiger charge is -2.17. The van der Waals surface area contributed by atoms with Gasteiger partial charge in [0.25, 0.3) is 0 Å². The molecule has 0 spiro atoms. The third kappa shape index (κ3) is 3.75. The van der Waals surface area contributed by atoms with Crippen molar-refractivity contribution in [3.63, 3.8) is 0 Å². The second kappa shape index (κ2) is 6.38. The molecule has 1 aliphatic rings. The standard InChI is InChI=1S/C11H18N2O/c1-2-3-4-6-11(14)13-9-5-7-12-8-10-13/h2-4,6,12H,5,7-10H2,1H3/b3-2+,6-4+. The molecule has 1 amide bonds. The van der Waals surface area contributed by atoms with Crippen LogP contribution in [0.2, 0.25) is 0 Å². The van der Waals surface area contributed by atoms with Crippen LogP contribution in [0.1, 0.15) is 13.3 Å². The summed E-state index contributed by atoms with van der Waals surface area (Å²) in [4.78, 5) is 13.5. The van der Waals surface area contributed by atoms with Crippen molar-refractivity contribution < 1.29 is 4.79 Å². The number of allylic oxidation sites excluding steroid dienone is 3. The van der Waals surface area contributed by atoms with E-state index in [9.17, 15) is 4.79 Å². The summed E-state index contributed by atoms with van der Waals surface area (Å²) in [7, 11) is 0. The van der Waals surface area contributed by atoms with Crippen molar-refractivity contribution in [3.05, 3.63) is 24.3 Å². The average molecular weight is 194 g/mol. The van der Waals surface area contributed by atoms with Crippen LogP contribution < -0.4 is 5.32 Å². The van der Waals surface area contributed by atoms with E-state index < -0.39 is 0 Å². The highest BCUT2D eigenvalue weighted by Crippen LogP contribution is 1.97. The molecule has 0 aromatic carbocycles. The SMILES string of the molecule is C/C=C/C=C/C(=O)N1CCCNCC1. The Morgan fingerprint density at radius 2 is 2.14 bits per heavy atom. The predicted molar refractivity (Wildman–Crippen MR) is 58.0 cm³/mol. The third-order valence-electron chi connectivity index (χ3n) is 2.19. The normalized spacial score (nSPS) is 19.1. The first kappa shape index (κ1) is 11.0. The minimum atomic E-state index is 0.117. The summed E-state index contributed by atoms with van der Waals surface area (Å²) < 4.78 is 0. The Bertz CT molecular complexity index is 225. The van der Waals surface area contributed by atoms with E-state index in [1.807, 2.05) is 24.0 Å². The molecular weight excluding hydrogens is 176 g/mol. The molecule has 3 nitrogen and oxygen atoms in total. The molecule has 0 atom stereocenters. The molecule has 0 radical (unpaired) electrons. The number of amides is 1. The van der Waals surface area contributed by atoms with Crippen molar-refractivity contribution in [3.8, 4) is 0 Å². The van der Waals surface area contributed by atoms with Crippen LogP contribution >= 0.6 is 0 Å². The lowest BCUT2D eigenvalue weighted by atomic mass is 10.3. The molecule has 1 fully saturated rings. The summed E-state index contributed by atoms with van der Waals surface area (Å²) in [6, 6.07) is 0. The van der Waals surface area contributed by atoms with Crippen LogP contribution in [0.25, 0.3) is 0 Å². The fraction of sp³-hybridized carbons (Fsp3) is 0.545. The molecule has 78 valence electrons. The second-order valence-corrected chi connectivity index (χ2v) is 3.31. The highest BCUT2D eigenvalue weighted by Gasteiger charge is 2.11. The number of rotatable bonds is 2. The van der Waals surface area contributed by atoms with Crippen LogP contribution in [0.3, 0.4) is 0 Å². The summed E-state index contributed by atoms with van der Waals surface area (Å²) in [5, 5.41) is 3.27. The first-order valence-electron chi connectivity index (χ1n) is 5.13.